The normalized spacial score (nSPS) is 24.4. The molecule has 1 fully saturated rings. The second-order valence-electron chi connectivity index (χ2n) is 4.21. The van der Waals surface area contributed by atoms with Crippen LogP contribution in [-0.4, -0.2) is 25.7 Å². The molecule has 3 nitrogen and oxygen atoms in total. The second-order valence-corrected chi connectivity index (χ2v) is 4.21. The van der Waals surface area contributed by atoms with Crippen molar-refractivity contribution in [1.29, 1.82) is 0 Å². The number of hydrogen-bond donors (Lipinski definition) is 1. The van der Waals surface area contributed by atoms with Gasteiger partial charge in [-0.15, -0.1) is 0 Å². The lowest BCUT2D eigenvalue weighted by atomic mass is 9.89. The predicted octanol–water partition coefficient (Wildman–Crippen LogP) is 1.61. The van der Waals surface area contributed by atoms with E-state index in [2.05, 4.69) is 24.4 Å². The van der Waals surface area contributed by atoms with Crippen LogP contribution in [0.2, 0.25) is 0 Å². The fourth-order valence-corrected chi connectivity index (χ4v) is 2.42. The van der Waals surface area contributed by atoms with Gasteiger partial charge in [0.25, 0.3) is 0 Å². The standard InChI is InChI=1S/C13H17NO2/c1-9-5-3-4-6-10(9)11-7-8-14-12(11)13(15)16-2/h3-6,11-12,14H,7-8H2,1-2H3. The molecule has 1 N–H and O–H groups in total. The van der Waals surface area contributed by atoms with Crippen molar-refractivity contribution in [3.63, 3.8) is 0 Å². The first-order valence-electron chi connectivity index (χ1n) is 5.61. The van der Waals surface area contributed by atoms with E-state index in [0.717, 1.165) is 13.0 Å². The summed E-state index contributed by atoms with van der Waals surface area (Å²) >= 11 is 0. The van der Waals surface area contributed by atoms with Crippen LogP contribution < -0.4 is 5.32 Å². The van der Waals surface area contributed by atoms with Gasteiger partial charge in [-0.2, -0.15) is 0 Å². The molecule has 1 aromatic rings. The van der Waals surface area contributed by atoms with Crippen LogP contribution in [0, 0.1) is 6.92 Å². The highest BCUT2D eigenvalue weighted by atomic mass is 16.5. The van der Waals surface area contributed by atoms with Crippen LogP contribution >= 0.6 is 0 Å². The van der Waals surface area contributed by atoms with Gasteiger partial charge in [0.05, 0.1) is 7.11 Å². The molecule has 2 rings (SSSR count). The summed E-state index contributed by atoms with van der Waals surface area (Å²) in [5.41, 5.74) is 2.49. The molecular weight excluding hydrogens is 202 g/mol. The Labute approximate surface area is 95.8 Å². The van der Waals surface area contributed by atoms with Crippen LogP contribution in [0.25, 0.3) is 0 Å². The van der Waals surface area contributed by atoms with Crippen LogP contribution in [0.4, 0.5) is 0 Å². The largest absolute Gasteiger partial charge is 0.468 e. The van der Waals surface area contributed by atoms with E-state index in [9.17, 15) is 4.79 Å². The van der Waals surface area contributed by atoms with Crippen molar-refractivity contribution in [3.8, 4) is 0 Å². The van der Waals surface area contributed by atoms with Crippen molar-refractivity contribution in [1.82, 2.24) is 5.32 Å². The molecule has 86 valence electrons. The Morgan fingerprint density at radius 2 is 2.19 bits per heavy atom. The maximum absolute atomic E-state index is 11.6. The Morgan fingerprint density at radius 1 is 1.44 bits per heavy atom. The Balaban J connectivity index is 2.27. The molecule has 1 saturated heterocycles. The number of methoxy groups -OCH3 is 1. The van der Waals surface area contributed by atoms with E-state index < -0.39 is 0 Å². The summed E-state index contributed by atoms with van der Waals surface area (Å²) in [6, 6.07) is 8.04. The van der Waals surface area contributed by atoms with E-state index in [1.54, 1.807) is 0 Å². The zero-order valence-corrected chi connectivity index (χ0v) is 9.69. The van der Waals surface area contributed by atoms with E-state index in [1.807, 2.05) is 12.1 Å². The summed E-state index contributed by atoms with van der Waals surface area (Å²) < 4.78 is 4.82. The summed E-state index contributed by atoms with van der Waals surface area (Å²) in [6.45, 7) is 2.96. The molecule has 16 heavy (non-hydrogen) atoms. The number of nitrogens with one attached hydrogen (secondary N) is 1. The number of rotatable bonds is 2. The molecule has 2 atom stereocenters. The molecular formula is C13H17NO2. The summed E-state index contributed by atoms with van der Waals surface area (Å²) in [6.07, 6.45) is 0.991. The van der Waals surface area contributed by atoms with Crippen LogP contribution in [0.1, 0.15) is 23.5 Å². The van der Waals surface area contributed by atoms with Gasteiger partial charge in [0, 0.05) is 5.92 Å². The lowest BCUT2D eigenvalue weighted by Gasteiger charge is -2.19. The first kappa shape index (κ1) is 11.1. The number of carbonyl (C=O) groups excluding carboxylic acids is 1. The number of ether oxygens (including phenoxy) is 1. The third-order valence-corrected chi connectivity index (χ3v) is 3.27. The van der Waals surface area contributed by atoms with Gasteiger partial charge in [-0.25, -0.2) is 0 Å². The van der Waals surface area contributed by atoms with Crippen LogP contribution in [0.15, 0.2) is 24.3 Å². The predicted molar refractivity (Wildman–Crippen MR) is 62.3 cm³/mol. The van der Waals surface area contributed by atoms with Gasteiger partial charge in [0.1, 0.15) is 6.04 Å². The van der Waals surface area contributed by atoms with Crippen LogP contribution in [0.3, 0.4) is 0 Å². The molecule has 1 aliphatic rings. The van der Waals surface area contributed by atoms with Crippen molar-refractivity contribution >= 4 is 5.97 Å². The molecule has 0 amide bonds. The highest BCUT2D eigenvalue weighted by Gasteiger charge is 2.34. The molecule has 0 spiro atoms. The molecule has 0 aromatic heterocycles. The molecule has 1 aliphatic heterocycles. The number of carbonyl (C=O) groups is 1. The molecule has 2 unspecified atom stereocenters. The first-order valence-corrected chi connectivity index (χ1v) is 5.61. The number of hydrogen-bond acceptors (Lipinski definition) is 3. The van der Waals surface area contributed by atoms with Gasteiger partial charge in [0.15, 0.2) is 0 Å². The van der Waals surface area contributed by atoms with Crippen molar-refractivity contribution in [2.24, 2.45) is 0 Å². The van der Waals surface area contributed by atoms with Gasteiger partial charge >= 0.3 is 5.97 Å². The van der Waals surface area contributed by atoms with E-state index in [1.165, 1.54) is 18.2 Å². The number of aryl methyl sites for hydroxylation is 1. The minimum absolute atomic E-state index is 0.161. The van der Waals surface area contributed by atoms with Gasteiger partial charge in [0.2, 0.25) is 0 Å². The summed E-state index contributed by atoms with van der Waals surface area (Å²) in [5, 5.41) is 3.21. The summed E-state index contributed by atoms with van der Waals surface area (Å²) in [7, 11) is 1.44. The third-order valence-electron chi connectivity index (χ3n) is 3.27. The Morgan fingerprint density at radius 3 is 2.88 bits per heavy atom. The maximum atomic E-state index is 11.6. The maximum Gasteiger partial charge on any atom is 0.323 e. The average molecular weight is 219 g/mol. The van der Waals surface area contributed by atoms with Gasteiger partial charge < -0.3 is 10.1 Å². The van der Waals surface area contributed by atoms with E-state index in [4.69, 9.17) is 4.74 Å². The highest BCUT2D eigenvalue weighted by molar-refractivity contribution is 5.77. The van der Waals surface area contributed by atoms with Gasteiger partial charge in [-0.1, -0.05) is 24.3 Å². The molecule has 3 heteroatoms. The van der Waals surface area contributed by atoms with Crippen molar-refractivity contribution < 1.29 is 9.53 Å². The summed E-state index contributed by atoms with van der Waals surface area (Å²) in [5.74, 6) is 0.0828. The minimum atomic E-state index is -0.189. The SMILES string of the molecule is COC(=O)C1NCCC1c1ccccc1C. The van der Waals surface area contributed by atoms with E-state index >= 15 is 0 Å². The quantitative estimate of drug-likeness (QED) is 0.768. The molecule has 0 aliphatic carbocycles. The lowest BCUT2D eigenvalue weighted by molar-refractivity contribution is -0.143. The van der Waals surface area contributed by atoms with Gasteiger partial charge in [-0.3, -0.25) is 4.79 Å². The average Bonchev–Trinajstić information content (AvgIpc) is 2.77. The fraction of sp³-hybridized carbons (Fsp3) is 0.462. The third kappa shape index (κ3) is 1.95. The smallest absolute Gasteiger partial charge is 0.323 e. The number of benzene rings is 1. The van der Waals surface area contributed by atoms with Crippen LogP contribution in [-0.2, 0) is 9.53 Å². The van der Waals surface area contributed by atoms with Crippen molar-refractivity contribution in [2.45, 2.75) is 25.3 Å². The highest BCUT2D eigenvalue weighted by Crippen LogP contribution is 2.30. The molecule has 1 heterocycles. The van der Waals surface area contributed by atoms with Gasteiger partial charge in [-0.05, 0) is 31.0 Å². The summed E-state index contributed by atoms with van der Waals surface area (Å²) in [4.78, 5) is 11.6. The molecule has 0 saturated carbocycles. The zero-order chi connectivity index (χ0) is 11.5. The second kappa shape index (κ2) is 4.66. The Kier molecular flexibility index (Phi) is 3.25. The molecule has 0 radical (unpaired) electrons. The Bertz CT molecular complexity index is 389. The number of esters is 1. The fourth-order valence-electron chi connectivity index (χ4n) is 2.42. The van der Waals surface area contributed by atoms with E-state index in [-0.39, 0.29) is 17.9 Å². The van der Waals surface area contributed by atoms with Crippen molar-refractivity contribution in [3.05, 3.63) is 35.4 Å². The lowest BCUT2D eigenvalue weighted by Crippen LogP contribution is -2.35. The Hall–Kier alpha value is -1.35. The minimum Gasteiger partial charge on any atom is -0.468 e. The molecule has 0 bridgehead atoms. The van der Waals surface area contributed by atoms with E-state index in [0.29, 0.717) is 0 Å². The van der Waals surface area contributed by atoms with Crippen LogP contribution in [0.5, 0.6) is 0 Å². The van der Waals surface area contributed by atoms with Crippen molar-refractivity contribution in [2.75, 3.05) is 13.7 Å². The topological polar surface area (TPSA) is 38.3 Å². The monoisotopic (exact) mass is 219 g/mol. The zero-order valence-electron chi connectivity index (χ0n) is 9.69. The first-order chi connectivity index (χ1) is 7.74. The molecule has 1 aromatic carbocycles.